The van der Waals surface area contributed by atoms with E-state index in [-0.39, 0.29) is 5.97 Å². The first kappa shape index (κ1) is 14.2. The van der Waals surface area contributed by atoms with Gasteiger partial charge in [-0.3, -0.25) is 4.79 Å². The van der Waals surface area contributed by atoms with E-state index < -0.39 is 4.75 Å². The zero-order valence-electron chi connectivity index (χ0n) is 11.5. The Balaban J connectivity index is 2.24. The number of carbonyl (C=O) groups excluding carboxylic acids is 1. The summed E-state index contributed by atoms with van der Waals surface area (Å²) in [5.41, 5.74) is 0. The first-order chi connectivity index (χ1) is 9.16. The van der Waals surface area contributed by atoms with Gasteiger partial charge in [-0.15, -0.1) is 11.8 Å². The van der Waals surface area contributed by atoms with Crippen molar-refractivity contribution in [2.45, 2.75) is 36.3 Å². The van der Waals surface area contributed by atoms with Crippen LogP contribution < -0.4 is 0 Å². The molecule has 0 saturated carbocycles. The van der Waals surface area contributed by atoms with Crippen LogP contribution in [0.3, 0.4) is 0 Å². The van der Waals surface area contributed by atoms with Crippen LogP contribution in [0.4, 0.5) is 0 Å². The lowest BCUT2D eigenvalue weighted by atomic mass is 9.87. The van der Waals surface area contributed by atoms with Crippen LogP contribution in [0, 0.1) is 5.92 Å². The van der Waals surface area contributed by atoms with Gasteiger partial charge in [-0.1, -0.05) is 37.3 Å². The van der Waals surface area contributed by atoms with Crippen molar-refractivity contribution >= 4 is 17.7 Å². The van der Waals surface area contributed by atoms with Crippen molar-refractivity contribution < 1.29 is 9.53 Å². The summed E-state index contributed by atoms with van der Waals surface area (Å²) in [5, 5.41) is 0. The lowest BCUT2D eigenvalue weighted by Crippen LogP contribution is -2.39. The number of hydrogen-bond acceptors (Lipinski definition) is 3. The van der Waals surface area contributed by atoms with Crippen LogP contribution in [0.25, 0.3) is 0 Å². The molecule has 19 heavy (non-hydrogen) atoms. The largest absolute Gasteiger partial charge is 0.465 e. The SMILES string of the molecule is CCOC(=O)C1(Sc2ccccc2)CC=C[C@@H](C)C1. The molecule has 1 aliphatic rings. The zero-order chi connectivity index (χ0) is 13.7. The minimum absolute atomic E-state index is 0.0833. The Kier molecular flexibility index (Phi) is 4.70. The van der Waals surface area contributed by atoms with E-state index in [1.165, 1.54) is 0 Å². The van der Waals surface area contributed by atoms with Crippen molar-refractivity contribution in [1.82, 2.24) is 0 Å². The number of thioether (sulfide) groups is 1. The quantitative estimate of drug-likeness (QED) is 0.612. The molecule has 2 atom stereocenters. The second-order valence-electron chi connectivity index (χ2n) is 4.94. The van der Waals surface area contributed by atoms with Gasteiger partial charge in [0, 0.05) is 4.90 Å². The van der Waals surface area contributed by atoms with Gasteiger partial charge in [0.25, 0.3) is 0 Å². The third-order valence-corrected chi connectivity index (χ3v) is 4.67. The highest BCUT2D eigenvalue weighted by molar-refractivity contribution is 8.01. The van der Waals surface area contributed by atoms with Crippen LogP contribution >= 0.6 is 11.8 Å². The molecule has 0 bridgehead atoms. The Hall–Kier alpha value is -1.22. The summed E-state index contributed by atoms with van der Waals surface area (Å²) >= 11 is 1.64. The molecule has 0 radical (unpaired) electrons. The monoisotopic (exact) mass is 276 g/mol. The van der Waals surface area contributed by atoms with E-state index in [2.05, 4.69) is 31.2 Å². The molecule has 1 unspecified atom stereocenters. The molecule has 1 aliphatic carbocycles. The van der Waals surface area contributed by atoms with E-state index in [9.17, 15) is 4.79 Å². The number of ether oxygens (including phenoxy) is 1. The van der Waals surface area contributed by atoms with Crippen molar-refractivity contribution in [1.29, 1.82) is 0 Å². The number of rotatable bonds is 4. The highest BCUT2D eigenvalue weighted by Gasteiger charge is 2.42. The van der Waals surface area contributed by atoms with Gasteiger partial charge >= 0.3 is 5.97 Å². The molecular weight excluding hydrogens is 256 g/mol. The molecule has 3 heteroatoms. The highest BCUT2D eigenvalue weighted by atomic mass is 32.2. The second-order valence-corrected chi connectivity index (χ2v) is 6.40. The summed E-state index contributed by atoms with van der Waals surface area (Å²) in [7, 11) is 0. The average Bonchev–Trinajstić information content (AvgIpc) is 2.40. The predicted octanol–water partition coefficient (Wildman–Crippen LogP) is 4.07. The zero-order valence-corrected chi connectivity index (χ0v) is 12.3. The number of esters is 1. The Morgan fingerprint density at radius 1 is 1.42 bits per heavy atom. The number of carbonyl (C=O) groups is 1. The fraction of sp³-hybridized carbons (Fsp3) is 0.438. The van der Waals surface area contributed by atoms with Gasteiger partial charge < -0.3 is 4.74 Å². The molecule has 2 rings (SSSR count). The number of benzene rings is 1. The van der Waals surface area contributed by atoms with Gasteiger partial charge in [0.1, 0.15) is 4.75 Å². The normalized spacial score (nSPS) is 26.1. The Labute approximate surface area is 119 Å². The Bertz CT molecular complexity index is 455. The maximum Gasteiger partial charge on any atom is 0.322 e. The first-order valence-corrected chi connectivity index (χ1v) is 7.56. The van der Waals surface area contributed by atoms with Gasteiger partial charge in [-0.05, 0) is 37.8 Å². The molecule has 0 N–H and O–H groups in total. The minimum Gasteiger partial charge on any atom is -0.465 e. The Morgan fingerprint density at radius 3 is 2.79 bits per heavy atom. The molecule has 0 heterocycles. The summed E-state index contributed by atoms with van der Waals surface area (Å²) in [4.78, 5) is 13.5. The molecule has 0 aliphatic heterocycles. The van der Waals surface area contributed by atoms with Gasteiger partial charge in [0.05, 0.1) is 6.61 Å². The fourth-order valence-corrected chi connectivity index (χ4v) is 3.84. The van der Waals surface area contributed by atoms with Crippen LogP contribution in [0.2, 0.25) is 0 Å². The van der Waals surface area contributed by atoms with Crippen molar-refractivity contribution in [3.63, 3.8) is 0 Å². The number of allylic oxidation sites excluding steroid dienone is 2. The molecular formula is C16H20O2S. The van der Waals surface area contributed by atoms with Crippen LogP contribution in [-0.2, 0) is 9.53 Å². The van der Waals surface area contributed by atoms with Gasteiger partial charge in [-0.2, -0.15) is 0 Å². The summed E-state index contributed by atoms with van der Waals surface area (Å²) in [6.07, 6.45) is 5.88. The molecule has 1 aromatic carbocycles. The van der Waals surface area contributed by atoms with Crippen LogP contribution in [0.5, 0.6) is 0 Å². The smallest absolute Gasteiger partial charge is 0.322 e. The van der Waals surface area contributed by atoms with E-state index in [4.69, 9.17) is 4.74 Å². The predicted molar refractivity (Wildman–Crippen MR) is 79.2 cm³/mol. The summed E-state index contributed by atoms with van der Waals surface area (Å²) in [6, 6.07) is 10.1. The summed E-state index contributed by atoms with van der Waals surface area (Å²) in [6.45, 7) is 4.45. The van der Waals surface area contributed by atoms with Gasteiger partial charge in [0.15, 0.2) is 0 Å². The van der Waals surface area contributed by atoms with Crippen molar-refractivity contribution in [3.8, 4) is 0 Å². The van der Waals surface area contributed by atoms with E-state index >= 15 is 0 Å². The molecule has 1 aromatic rings. The van der Waals surface area contributed by atoms with Gasteiger partial charge in [0.2, 0.25) is 0 Å². The second kappa shape index (κ2) is 6.29. The molecule has 0 aromatic heterocycles. The molecule has 0 spiro atoms. The molecule has 0 amide bonds. The van der Waals surface area contributed by atoms with Crippen molar-refractivity contribution in [2.24, 2.45) is 5.92 Å². The highest BCUT2D eigenvalue weighted by Crippen LogP contribution is 2.44. The fourth-order valence-electron chi connectivity index (χ4n) is 2.43. The first-order valence-electron chi connectivity index (χ1n) is 6.74. The topological polar surface area (TPSA) is 26.3 Å². The van der Waals surface area contributed by atoms with Gasteiger partial charge in [-0.25, -0.2) is 0 Å². The molecule has 102 valence electrons. The Morgan fingerprint density at radius 2 is 2.16 bits per heavy atom. The van der Waals surface area contributed by atoms with Crippen molar-refractivity contribution in [3.05, 3.63) is 42.5 Å². The van der Waals surface area contributed by atoms with Crippen LogP contribution in [0.15, 0.2) is 47.4 Å². The van der Waals surface area contributed by atoms with Crippen LogP contribution in [-0.4, -0.2) is 17.3 Å². The summed E-state index contributed by atoms with van der Waals surface area (Å²) in [5.74, 6) is 0.328. The number of hydrogen-bond donors (Lipinski definition) is 0. The lowest BCUT2D eigenvalue weighted by Gasteiger charge is -2.34. The lowest BCUT2D eigenvalue weighted by molar-refractivity contribution is -0.146. The minimum atomic E-state index is -0.467. The van der Waals surface area contributed by atoms with Crippen LogP contribution in [0.1, 0.15) is 26.7 Å². The third-order valence-electron chi connectivity index (χ3n) is 3.27. The van der Waals surface area contributed by atoms with Crippen molar-refractivity contribution in [2.75, 3.05) is 6.61 Å². The van der Waals surface area contributed by atoms with E-state index in [1.54, 1.807) is 11.8 Å². The maximum atomic E-state index is 12.4. The van der Waals surface area contributed by atoms with E-state index in [1.807, 2.05) is 25.1 Å². The standard InChI is InChI=1S/C16H20O2S/c1-3-18-15(17)16(11-7-8-13(2)12-16)19-14-9-5-4-6-10-14/h4-10,13H,3,11-12H2,1-2H3/t13-,16?/m1/s1. The van der Waals surface area contributed by atoms with E-state index in [0.717, 1.165) is 17.7 Å². The molecule has 2 nitrogen and oxygen atoms in total. The maximum absolute atomic E-state index is 12.4. The third kappa shape index (κ3) is 3.41. The molecule has 0 saturated heterocycles. The average molecular weight is 276 g/mol. The van der Waals surface area contributed by atoms with E-state index in [0.29, 0.717) is 12.5 Å². The molecule has 0 fully saturated rings. The summed E-state index contributed by atoms with van der Waals surface area (Å²) < 4.78 is 4.84.